The standard InChI is InChI=1S/C15H25N/c1-4-9-15(13(3)16-12-5-2)14-10-7-6-8-11-14/h6-8,10-11,13,15-16H,4-5,9,12H2,1-3H3. The van der Waals surface area contributed by atoms with Gasteiger partial charge in [-0.3, -0.25) is 0 Å². The van der Waals surface area contributed by atoms with Gasteiger partial charge in [-0.1, -0.05) is 50.6 Å². The largest absolute Gasteiger partial charge is 0.314 e. The van der Waals surface area contributed by atoms with E-state index in [0.29, 0.717) is 12.0 Å². The lowest BCUT2D eigenvalue weighted by molar-refractivity contribution is 0.436. The van der Waals surface area contributed by atoms with Gasteiger partial charge in [0, 0.05) is 6.04 Å². The summed E-state index contributed by atoms with van der Waals surface area (Å²) in [6, 6.07) is 11.5. The number of hydrogen-bond donors (Lipinski definition) is 1. The van der Waals surface area contributed by atoms with Crippen LogP contribution in [0.5, 0.6) is 0 Å². The minimum absolute atomic E-state index is 0.572. The molecular weight excluding hydrogens is 194 g/mol. The molecule has 0 aliphatic rings. The molecule has 0 bridgehead atoms. The van der Waals surface area contributed by atoms with Gasteiger partial charge in [0.2, 0.25) is 0 Å². The fourth-order valence-electron chi connectivity index (χ4n) is 2.23. The maximum atomic E-state index is 3.62. The second kappa shape index (κ2) is 7.45. The molecule has 1 aromatic carbocycles. The summed E-state index contributed by atoms with van der Waals surface area (Å²) in [5, 5.41) is 3.62. The lowest BCUT2D eigenvalue weighted by atomic mass is 9.88. The Balaban J connectivity index is 2.66. The van der Waals surface area contributed by atoms with Crippen molar-refractivity contribution in [1.82, 2.24) is 5.32 Å². The number of nitrogens with one attached hydrogen (secondary N) is 1. The minimum atomic E-state index is 0.572. The van der Waals surface area contributed by atoms with Crippen LogP contribution in [0.25, 0.3) is 0 Å². The summed E-state index contributed by atoms with van der Waals surface area (Å²) < 4.78 is 0. The first kappa shape index (κ1) is 13.2. The Labute approximate surface area is 100 Å². The third-order valence-electron chi connectivity index (χ3n) is 3.15. The topological polar surface area (TPSA) is 12.0 Å². The summed E-state index contributed by atoms with van der Waals surface area (Å²) in [6.45, 7) is 7.91. The van der Waals surface area contributed by atoms with Crippen molar-refractivity contribution >= 4 is 0 Å². The first-order chi connectivity index (χ1) is 7.79. The van der Waals surface area contributed by atoms with E-state index in [1.165, 1.54) is 24.8 Å². The first-order valence-corrected chi connectivity index (χ1v) is 6.57. The molecule has 0 aliphatic carbocycles. The molecule has 1 N–H and O–H groups in total. The molecule has 0 radical (unpaired) electrons. The van der Waals surface area contributed by atoms with Gasteiger partial charge >= 0.3 is 0 Å². The van der Waals surface area contributed by atoms with Crippen molar-refractivity contribution in [2.24, 2.45) is 0 Å². The van der Waals surface area contributed by atoms with Crippen LogP contribution >= 0.6 is 0 Å². The van der Waals surface area contributed by atoms with Crippen LogP contribution < -0.4 is 5.32 Å². The molecule has 1 nitrogen and oxygen atoms in total. The van der Waals surface area contributed by atoms with Gasteiger partial charge < -0.3 is 5.32 Å². The normalized spacial score (nSPS) is 14.7. The quantitative estimate of drug-likeness (QED) is 0.732. The summed E-state index contributed by atoms with van der Waals surface area (Å²) in [4.78, 5) is 0. The second-order valence-electron chi connectivity index (χ2n) is 4.55. The lowest BCUT2D eigenvalue weighted by Gasteiger charge is -2.25. The molecule has 90 valence electrons. The van der Waals surface area contributed by atoms with Gasteiger partial charge in [-0.15, -0.1) is 0 Å². The van der Waals surface area contributed by atoms with Gasteiger partial charge in [0.1, 0.15) is 0 Å². The molecule has 0 aliphatic heterocycles. The zero-order valence-electron chi connectivity index (χ0n) is 10.9. The van der Waals surface area contributed by atoms with Gasteiger partial charge in [-0.25, -0.2) is 0 Å². The predicted octanol–water partition coefficient (Wildman–Crippen LogP) is 3.96. The van der Waals surface area contributed by atoms with E-state index in [2.05, 4.69) is 56.4 Å². The molecule has 0 amide bonds. The van der Waals surface area contributed by atoms with Crippen LogP contribution in [0.3, 0.4) is 0 Å². The van der Waals surface area contributed by atoms with E-state index in [4.69, 9.17) is 0 Å². The molecule has 0 spiro atoms. The van der Waals surface area contributed by atoms with Crippen LogP contribution in [0, 0.1) is 0 Å². The summed E-state index contributed by atoms with van der Waals surface area (Å²) >= 11 is 0. The van der Waals surface area contributed by atoms with Crippen LogP contribution in [0.4, 0.5) is 0 Å². The maximum Gasteiger partial charge on any atom is 0.0107 e. The van der Waals surface area contributed by atoms with Gasteiger partial charge in [0.15, 0.2) is 0 Å². The Morgan fingerprint density at radius 3 is 2.31 bits per heavy atom. The summed E-state index contributed by atoms with van der Waals surface area (Å²) in [5.74, 6) is 0.651. The monoisotopic (exact) mass is 219 g/mol. The highest BCUT2D eigenvalue weighted by Gasteiger charge is 2.17. The Morgan fingerprint density at radius 1 is 1.06 bits per heavy atom. The molecule has 0 aromatic heterocycles. The average Bonchev–Trinajstić information content (AvgIpc) is 2.34. The molecular formula is C15H25N. The fourth-order valence-corrected chi connectivity index (χ4v) is 2.23. The van der Waals surface area contributed by atoms with Crippen LogP contribution in [-0.2, 0) is 0 Å². The molecule has 0 saturated carbocycles. The predicted molar refractivity (Wildman–Crippen MR) is 71.8 cm³/mol. The molecule has 2 unspecified atom stereocenters. The van der Waals surface area contributed by atoms with Crippen molar-refractivity contribution in [3.63, 3.8) is 0 Å². The van der Waals surface area contributed by atoms with E-state index in [1.54, 1.807) is 0 Å². The summed E-state index contributed by atoms with van der Waals surface area (Å²) in [5.41, 5.74) is 1.47. The number of rotatable bonds is 7. The molecule has 0 saturated heterocycles. The highest BCUT2D eigenvalue weighted by Crippen LogP contribution is 2.24. The van der Waals surface area contributed by atoms with Crippen LogP contribution in [0.1, 0.15) is 51.5 Å². The van der Waals surface area contributed by atoms with Crippen LogP contribution in [0.2, 0.25) is 0 Å². The van der Waals surface area contributed by atoms with Crippen molar-refractivity contribution in [2.75, 3.05) is 6.54 Å². The van der Waals surface area contributed by atoms with Crippen molar-refractivity contribution in [3.8, 4) is 0 Å². The van der Waals surface area contributed by atoms with Crippen molar-refractivity contribution in [3.05, 3.63) is 35.9 Å². The van der Waals surface area contributed by atoms with E-state index in [-0.39, 0.29) is 0 Å². The summed E-state index contributed by atoms with van der Waals surface area (Å²) in [6.07, 6.45) is 3.72. The van der Waals surface area contributed by atoms with E-state index in [1.807, 2.05) is 0 Å². The molecule has 0 heterocycles. The molecule has 16 heavy (non-hydrogen) atoms. The third-order valence-corrected chi connectivity index (χ3v) is 3.15. The highest BCUT2D eigenvalue weighted by molar-refractivity contribution is 5.21. The molecule has 0 fully saturated rings. The van der Waals surface area contributed by atoms with Crippen LogP contribution in [0.15, 0.2) is 30.3 Å². The number of hydrogen-bond acceptors (Lipinski definition) is 1. The fraction of sp³-hybridized carbons (Fsp3) is 0.600. The lowest BCUT2D eigenvalue weighted by Crippen LogP contribution is -2.32. The van der Waals surface area contributed by atoms with Crippen molar-refractivity contribution in [1.29, 1.82) is 0 Å². The highest BCUT2D eigenvalue weighted by atomic mass is 14.9. The van der Waals surface area contributed by atoms with E-state index >= 15 is 0 Å². The van der Waals surface area contributed by atoms with E-state index in [9.17, 15) is 0 Å². The van der Waals surface area contributed by atoms with E-state index < -0.39 is 0 Å². The Hall–Kier alpha value is -0.820. The zero-order chi connectivity index (χ0) is 11.8. The van der Waals surface area contributed by atoms with Crippen molar-refractivity contribution < 1.29 is 0 Å². The maximum absolute atomic E-state index is 3.62. The smallest absolute Gasteiger partial charge is 0.0107 e. The average molecular weight is 219 g/mol. The van der Waals surface area contributed by atoms with Gasteiger partial charge in [-0.05, 0) is 37.8 Å². The number of benzene rings is 1. The first-order valence-electron chi connectivity index (χ1n) is 6.57. The van der Waals surface area contributed by atoms with Crippen molar-refractivity contribution in [2.45, 2.75) is 52.0 Å². The SMILES string of the molecule is CCCNC(C)C(CCC)c1ccccc1. The second-order valence-corrected chi connectivity index (χ2v) is 4.55. The van der Waals surface area contributed by atoms with Crippen LogP contribution in [-0.4, -0.2) is 12.6 Å². The zero-order valence-corrected chi connectivity index (χ0v) is 10.9. The molecule has 2 atom stereocenters. The Bertz CT molecular complexity index is 268. The summed E-state index contributed by atoms with van der Waals surface area (Å²) in [7, 11) is 0. The molecule has 1 aromatic rings. The van der Waals surface area contributed by atoms with Gasteiger partial charge in [-0.2, -0.15) is 0 Å². The molecule has 1 rings (SSSR count). The van der Waals surface area contributed by atoms with E-state index in [0.717, 1.165) is 6.54 Å². The van der Waals surface area contributed by atoms with Gasteiger partial charge in [0.25, 0.3) is 0 Å². The van der Waals surface area contributed by atoms with Gasteiger partial charge in [0.05, 0.1) is 0 Å². The molecule has 1 heteroatoms. The minimum Gasteiger partial charge on any atom is -0.314 e. The Morgan fingerprint density at radius 2 is 1.75 bits per heavy atom. The Kier molecular flexibility index (Phi) is 6.17. The third kappa shape index (κ3) is 3.97.